The van der Waals surface area contributed by atoms with Crippen molar-refractivity contribution in [1.29, 1.82) is 0 Å². The molecule has 122 valence electrons. The third-order valence-corrected chi connectivity index (χ3v) is 3.95. The highest BCUT2D eigenvalue weighted by Crippen LogP contribution is 2.28. The summed E-state index contributed by atoms with van der Waals surface area (Å²) < 4.78 is 0. The number of amides is 1. The molecule has 0 bridgehead atoms. The van der Waals surface area contributed by atoms with Crippen LogP contribution in [0.2, 0.25) is 0 Å². The SMILES string of the molecule is Nc1ccc(-c2cnc3[nH]cc(NC(=O)c4cccnc4)c3c2)cc1. The summed E-state index contributed by atoms with van der Waals surface area (Å²) in [4.78, 5) is 23.8. The van der Waals surface area contributed by atoms with Gasteiger partial charge in [-0.2, -0.15) is 0 Å². The minimum atomic E-state index is -0.216. The van der Waals surface area contributed by atoms with Crippen molar-refractivity contribution in [2.24, 2.45) is 0 Å². The lowest BCUT2D eigenvalue weighted by Crippen LogP contribution is -2.11. The van der Waals surface area contributed by atoms with E-state index in [0.29, 0.717) is 22.6 Å². The molecule has 0 saturated carbocycles. The van der Waals surface area contributed by atoms with Gasteiger partial charge in [0.15, 0.2) is 0 Å². The maximum absolute atomic E-state index is 12.3. The molecule has 1 amide bonds. The van der Waals surface area contributed by atoms with Crippen LogP contribution in [0.15, 0.2) is 67.3 Å². The van der Waals surface area contributed by atoms with Crippen LogP contribution in [0.25, 0.3) is 22.2 Å². The summed E-state index contributed by atoms with van der Waals surface area (Å²) in [6, 6.07) is 13.0. The fraction of sp³-hybridized carbons (Fsp3) is 0. The summed E-state index contributed by atoms with van der Waals surface area (Å²) in [6.07, 6.45) is 6.68. The van der Waals surface area contributed by atoms with Gasteiger partial charge in [0.2, 0.25) is 0 Å². The van der Waals surface area contributed by atoms with Gasteiger partial charge in [-0.15, -0.1) is 0 Å². The second-order valence-electron chi connectivity index (χ2n) is 5.64. The zero-order valence-corrected chi connectivity index (χ0v) is 13.2. The van der Waals surface area contributed by atoms with Crippen molar-refractivity contribution in [2.75, 3.05) is 11.1 Å². The maximum atomic E-state index is 12.3. The first-order valence-corrected chi connectivity index (χ1v) is 7.75. The van der Waals surface area contributed by atoms with Crippen molar-refractivity contribution in [1.82, 2.24) is 15.0 Å². The number of carbonyl (C=O) groups is 1. The average molecular weight is 329 g/mol. The first-order valence-electron chi connectivity index (χ1n) is 7.75. The van der Waals surface area contributed by atoms with E-state index in [9.17, 15) is 4.79 Å². The van der Waals surface area contributed by atoms with Crippen molar-refractivity contribution in [3.8, 4) is 11.1 Å². The summed E-state index contributed by atoms with van der Waals surface area (Å²) in [5.74, 6) is -0.216. The number of nitrogen functional groups attached to an aromatic ring is 1. The Morgan fingerprint density at radius 3 is 2.68 bits per heavy atom. The van der Waals surface area contributed by atoms with Crippen LogP contribution in [0.4, 0.5) is 11.4 Å². The number of aromatic nitrogens is 3. The molecule has 4 aromatic rings. The molecular formula is C19H15N5O. The molecule has 0 saturated heterocycles. The summed E-state index contributed by atoms with van der Waals surface area (Å²) in [7, 11) is 0. The van der Waals surface area contributed by atoms with Crippen LogP contribution in [-0.2, 0) is 0 Å². The maximum Gasteiger partial charge on any atom is 0.257 e. The molecule has 6 heteroatoms. The van der Waals surface area contributed by atoms with Crippen LogP contribution >= 0.6 is 0 Å². The highest BCUT2D eigenvalue weighted by Gasteiger charge is 2.11. The molecule has 0 aliphatic carbocycles. The van der Waals surface area contributed by atoms with Crippen LogP contribution < -0.4 is 11.1 Å². The highest BCUT2D eigenvalue weighted by atomic mass is 16.1. The van der Waals surface area contributed by atoms with Crippen molar-refractivity contribution < 1.29 is 4.79 Å². The Balaban J connectivity index is 1.69. The smallest absolute Gasteiger partial charge is 0.257 e. The second-order valence-corrected chi connectivity index (χ2v) is 5.64. The van der Waals surface area contributed by atoms with Crippen LogP contribution in [0.3, 0.4) is 0 Å². The summed E-state index contributed by atoms with van der Waals surface area (Å²) in [6.45, 7) is 0. The Kier molecular flexibility index (Phi) is 3.63. The molecule has 0 radical (unpaired) electrons. The summed E-state index contributed by atoms with van der Waals surface area (Å²) in [5.41, 5.74) is 10.3. The third kappa shape index (κ3) is 2.92. The standard InChI is InChI=1S/C19H15N5O/c20-15-5-3-12(4-6-15)14-8-16-17(11-23-18(16)22-10-14)24-19(25)13-2-1-7-21-9-13/h1-11H,20H2,(H,22,23)(H,24,25). The molecular weight excluding hydrogens is 314 g/mol. The largest absolute Gasteiger partial charge is 0.399 e. The van der Waals surface area contributed by atoms with Crippen LogP contribution in [0, 0.1) is 0 Å². The monoisotopic (exact) mass is 329 g/mol. The Morgan fingerprint density at radius 2 is 1.92 bits per heavy atom. The number of nitrogens with two attached hydrogens (primary N) is 1. The normalized spacial score (nSPS) is 10.7. The van der Waals surface area contributed by atoms with Crippen molar-refractivity contribution >= 4 is 28.3 Å². The van der Waals surface area contributed by atoms with E-state index in [-0.39, 0.29) is 5.91 Å². The molecule has 6 nitrogen and oxygen atoms in total. The van der Waals surface area contributed by atoms with Gasteiger partial charge in [0, 0.05) is 41.4 Å². The van der Waals surface area contributed by atoms with E-state index >= 15 is 0 Å². The molecule has 0 unspecified atom stereocenters. The van der Waals surface area contributed by atoms with Crippen molar-refractivity contribution in [3.63, 3.8) is 0 Å². The number of hydrogen-bond acceptors (Lipinski definition) is 4. The van der Waals surface area contributed by atoms with E-state index in [1.165, 1.54) is 6.20 Å². The predicted molar refractivity (Wildman–Crippen MR) is 98.1 cm³/mol. The Labute approximate surface area is 143 Å². The summed E-state index contributed by atoms with van der Waals surface area (Å²) >= 11 is 0. The molecule has 4 rings (SSSR count). The van der Waals surface area contributed by atoms with Crippen molar-refractivity contribution in [2.45, 2.75) is 0 Å². The van der Waals surface area contributed by atoms with Crippen LogP contribution in [-0.4, -0.2) is 20.9 Å². The molecule has 3 heterocycles. The Morgan fingerprint density at radius 1 is 1.08 bits per heavy atom. The highest BCUT2D eigenvalue weighted by molar-refractivity contribution is 6.08. The fourth-order valence-electron chi connectivity index (χ4n) is 2.63. The quantitative estimate of drug-likeness (QED) is 0.501. The molecule has 25 heavy (non-hydrogen) atoms. The van der Waals surface area contributed by atoms with Gasteiger partial charge < -0.3 is 16.0 Å². The second kappa shape index (κ2) is 6.09. The van der Waals surface area contributed by atoms with Gasteiger partial charge in [-0.3, -0.25) is 9.78 Å². The molecule has 3 aromatic heterocycles. The number of nitrogens with zero attached hydrogens (tertiary/aromatic N) is 2. The number of anilines is 2. The Hall–Kier alpha value is -3.67. The first kappa shape index (κ1) is 14.9. The van der Waals surface area contributed by atoms with Crippen LogP contribution in [0.5, 0.6) is 0 Å². The molecule has 4 N–H and O–H groups in total. The number of benzene rings is 1. The van der Waals surface area contributed by atoms with E-state index in [0.717, 1.165) is 16.5 Å². The third-order valence-electron chi connectivity index (χ3n) is 3.95. The van der Waals surface area contributed by atoms with Gasteiger partial charge in [-0.25, -0.2) is 4.98 Å². The number of fused-ring (bicyclic) bond motifs is 1. The number of pyridine rings is 2. The van der Waals surface area contributed by atoms with E-state index in [2.05, 4.69) is 20.3 Å². The number of nitrogens with one attached hydrogen (secondary N) is 2. The summed E-state index contributed by atoms with van der Waals surface area (Å²) in [5, 5.41) is 3.74. The van der Waals surface area contributed by atoms with Gasteiger partial charge in [-0.05, 0) is 35.9 Å². The lowest BCUT2D eigenvalue weighted by molar-refractivity contribution is 0.102. The average Bonchev–Trinajstić information content (AvgIpc) is 3.05. The van der Waals surface area contributed by atoms with E-state index < -0.39 is 0 Å². The number of rotatable bonds is 3. The minimum absolute atomic E-state index is 0.216. The van der Waals surface area contributed by atoms with Crippen LogP contribution in [0.1, 0.15) is 10.4 Å². The van der Waals surface area contributed by atoms with Gasteiger partial charge in [0.25, 0.3) is 5.91 Å². The van der Waals surface area contributed by atoms with E-state index in [1.807, 2.05) is 30.3 Å². The van der Waals surface area contributed by atoms with E-state index in [4.69, 9.17) is 5.73 Å². The van der Waals surface area contributed by atoms with E-state index in [1.54, 1.807) is 30.7 Å². The fourth-order valence-corrected chi connectivity index (χ4v) is 2.63. The lowest BCUT2D eigenvalue weighted by atomic mass is 10.1. The van der Waals surface area contributed by atoms with Gasteiger partial charge in [0.1, 0.15) is 5.65 Å². The molecule has 0 atom stereocenters. The minimum Gasteiger partial charge on any atom is -0.399 e. The molecule has 0 spiro atoms. The van der Waals surface area contributed by atoms with Gasteiger partial charge in [0.05, 0.1) is 11.3 Å². The van der Waals surface area contributed by atoms with Gasteiger partial charge in [-0.1, -0.05) is 12.1 Å². The number of hydrogen-bond donors (Lipinski definition) is 3. The molecule has 0 aliphatic rings. The lowest BCUT2D eigenvalue weighted by Gasteiger charge is -2.05. The topological polar surface area (TPSA) is 96.7 Å². The zero-order chi connectivity index (χ0) is 17.2. The molecule has 0 fully saturated rings. The zero-order valence-electron chi connectivity index (χ0n) is 13.2. The number of H-pyrrole nitrogens is 1. The van der Waals surface area contributed by atoms with Crippen molar-refractivity contribution in [3.05, 3.63) is 72.8 Å². The number of aromatic amines is 1. The predicted octanol–water partition coefficient (Wildman–Crippen LogP) is 3.46. The van der Waals surface area contributed by atoms with Gasteiger partial charge >= 0.3 is 0 Å². The Bertz CT molecular complexity index is 1040. The number of carbonyl (C=O) groups excluding carboxylic acids is 1. The first-order chi connectivity index (χ1) is 12.2. The molecule has 0 aliphatic heterocycles. The molecule has 1 aromatic carbocycles.